The lowest BCUT2D eigenvalue weighted by atomic mass is 10.2. The van der Waals surface area contributed by atoms with Crippen LogP contribution in [0, 0.1) is 6.92 Å². The van der Waals surface area contributed by atoms with Crippen LogP contribution >= 0.6 is 0 Å². The van der Waals surface area contributed by atoms with E-state index in [0.29, 0.717) is 12.1 Å². The minimum absolute atomic E-state index is 0.00194. The topological polar surface area (TPSA) is 70.2 Å². The number of nitrogens with zero attached hydrogens (tertiary/aromatic N) is 1. The number of H-pyrrole nitrogens is 1. The maximum absolute atomic E-state index is 11.5. The zero-order valence-corrected chi connectivity index (χ0v) is 7.90. The molecule has 0 atom stereocenters. The second-order valence-electron chi connectivity index (χ2n) is 2.86. The Kier molecular flexibility index (Phi) is 2.81. The first-order chi connectivity index (χ1) is 6.57. The van der Waals surface area contributed by atoms with Crippen molar-refractivity contribution < 1.29 is 9.59 Å². The number of rotatable bonds is 2. The SMILES string of the molecule is Cc1[nH]ccc(=O)c1C(=O)N(C)C=O. The number of aromatic nitrogens is 1. The third kappa shape index (κ3) is 1.71. The Balaban J connectivity index is 3.26. The molecule has 0 aliphatic rings. The zero-order chi connectivity index (χ0) is 10.7. The van der Waals surface area contributed by atoms with Crippen LogP contribution < -0.4 is 5.43 Å². The zero-order valence-electron chi connectivity index (χ0n) is 7.90. The number of aromatic amines is 1. The van der Waals surface area contributed by atoms with Crippen molar-refractivity contribution in [3.63, 3.8) is 0 Å². The fraction of sp³-hybridized carbons (Fsp3) is 0.222. The molecule has 1 aromatic rings. The molecule has 1 heterocycles. The molecule has 0 spiro atoms. The van der Waals surface area contributed by atoms with Gasteiger partial charge in [-0.25, -0.2) is 0 Å². The Morgan fingerprint density at radius 1 is 1.57 bits per heavy atom. The van der Waals surface area contributed by atoms with E-state index in [1.54, 1.807) is 6.92 Å². The van der Waals surface area contributed by atoms with Crippen molar-refractivity contribution in [1.82, 2.24) is 9.88 Å². The van der Waals surface area contributed by atoms with E-state index in [2.05, 4.69) is 4.98 Å². The van der Waals surface area contributed by atoms with Gasteiger partial charge in [-0.15, -0.1) is 0 Å². The van der Waals surface area contributed by atoms with Crippen LogP contribution in [0.3, 0.4) is 0 Å². The van der Waals surface area contributed by atoms with Gasteiger partial charge in [0.2, 0.25) is 6.41 Å². The average Bonchev–Trinajstić information content (AvgIpc) is 2.16. The van der Waals surface area contributed by atoms with Crippen molar-refractivity contribution in [3.8, 4) is 0 Å². The molecule has 0 aliphatic heterocycles. The molecule has 0 unspecified atom stereocenters. The van der Waals surface area contributed by atoms with Gasteiger partial charge in [0, 0.05) is 25.0 Å². The number of amides is 2. The molecule has 0 radical (unpaired) electrons. The smallest absolute Gasteiger partial charge is 0.265 e. The quantitative estimate of drug-likeness (QED) is 0.669. The first-order valence-corrected chi connectivity index (χ1v) is 3.98. The van der Waals surface area contributed by atoms with Gasteiger partial charge in [0.15, 0.2) is 5.43 Å². The number of carbonyl (C=O) groups excluding carboxylic acids is 2. The summed E-state index contributed by atoms with van der Waals surface area (Å²) >= 11 is 0. The Morgan fingerprint density at radius 2 is 2.21 bits per heavy atom. The predicted molar refractivity (Wildman–Crippen MR) is 50.0 cm³/mol. The molecule has 1 rings (SSSR count). The predicted octanol–water partition coefficient (Wildman–Crippen LogP) is -0.0883. The van der Waals surface area contributed by atoms with Gasteiger partial charge < -0.3 is 4.98 Å². The summed E-state index contributed by atoms with van der Waals surface area (Å²) in [6.45, 7) is 1.60. The number of hydrogen-bond donors (Lipinski definition) is 1. The number of aryl methyl sites for hydroxylation is 1. The molecule has 74 valence electrons. The lowest BCUT2D eigenvalue weighted by molar-refractivity contribution is -0.115. The molecular formula is C9H10N2O3. The van der Waals surface area contributed by atoms with Gasteiger partial charge in [-0.2, -0.15) is 0 Å². The fourth-order valence-electron chi connectivity index (χ4n) is 1.07. The van der Waals surface area contributed by atoms with Crippen LogP contribution in [0.2, 0.25) is 0 Å². The van der Waals surface area contributed by atoms with Crippen molar-refractivity contribution >= 4 is 12.3 Å². The maximum atomic E-state index is 11.5. The van der Waals surface area contributed by atoms with Crippen molar-refractivity contribution in [3.05, 3.63) is 33.7 Å². The van der Waals surface area contributed by atoms with Crippen molar-refractivity contribution in [2.75, 3.05) is 7.05 Å². The maximum Gasteiger partial charge on any atom is 0.265 e. The Bertz CT molecular complexity index is 422. The third-order valence-corrected chi connectivity index (χ3v) is 1.85. The third-order valence-electron chi connectivity index (χ3n) is 1.85. The second kappa shape index (κ2) is 3.87. The first-order valence-electron chi connectivity index (χ1n) is 3.98. The van der Waals surface area contributed by atoms with E-state index < -0.39 is 5.91 Å². The van der Waals surface area contributed by atoms with E-state index in [0.717, 1.165) is 4.90 Å². The molecular weight excluding hydrogens is 184 g/mol. The molecule has 5 nitrogen and oxygen atoms in total. The molecule has 14 heavy (non-hydrogen) atoms. The Labute approximate surface area is 80.4 Å². The molecule has 2 amide bonds. The summed E-state index contributed by atoms with van der Waals surface area (Å²) in [5.74, 6) is -0.598. The van der Waals surface area contributed by atoms with E-state index in [1.807, 2.05) is 0 Å². The number of imide groups is 1. The number of carbonyl (C=O) groups is 2. The van der Waals surface area contributed by atoms with Gasteiger partial charge in [0.25, 0.3) is 5.91 Å². The summed E-state index contributed by atoms with van der Waals surface area (Å²) in [6.07, 6.45) is 1.82. The standard InChI is InChI=1S/C9H10N2O3/c1-6-8(7(13)3-4-10-6)9(14)11(2)5-12/h3-5H,1-2H3,(H,10,13). The van der Waals surface area contributed by atoms with E-state index in [4.69, 9.17) is 0 Å². The summed E-state index contributed by atoms with van der Waals surface area (Å²) < 4.78 is 0. The van der Waals surface area contributed by atoms with Crippen LogP contribution in [0.15, 0.2) is 17.1 Å². The number of pyridine rings is 1. The largest absolute Gasteiger partial charge is 0.364 e. The van der Waals surface area contributed by atoms with Gasteiger partial charge >= 0.3 is 0 Å². The van der Waals surface area contributed by atoms with E-state index in [9.17, 15) is 14.4 Å². The highest BCUT2D eigenvalue weighted by molar-refractivity contribution is 6.00. The second-order valence-corrected chi connectivity index (χ2v) is 2.86. The van der Waals surface area contributed by atoms with Crippen molar-refractivity contribution in [2.45, 2.75) is 6.92 Å². The molecule has 0 saturated heterocycles. The summed E-state index contributed by atoms with van der Waals surface area (Å²) in [5.41, 5.74) is 0.0678. The van der Waals surface area contributed by atoms with Crippen LogP contribution in [0.5, 0.6) is 0 Å². The molecule has 1 aromatic heterocycles. The first kappa shape index (κ1) is 10.2. The van der Waals surface area contributed by atoms with Crippen LogP contribution in [0.1, 0.15) is 16.1 Å². The highest BCUT2D eigenvalue weighted by Crippen LogP contribution is 2.00. The molecule has 5 heteroatoms. The van der Waals surface area contributed by atoms with E-state index in [1.165, 1.54) is 19.3 Å². The molecule has 1 N–H and O–H groups in total. The van der Waals surface area contributed by atoms with E-state index >= 15 is 0 Å². The van der Waals surface area contributed by atoms with Crippen molar-refractivity contribution in [1.29, 1.82) is 0 Å². The molecule has 0 aliphatic carbocycles. The Hall–Kier alpha value is -1.91. The lowest BCUT2D eigenvalue weighted by Gasteiger charge is -2.09. The highest BCUT2D eigenvalue weighted by Gasteiger charge is 2.16. The van der Waals surface area contributed by atoms with E-state index in [-0.39, 0.29) is 11.0 Å². The van der Waals surface area contributed by atoms with Gasteiger partial charge in [-0.1, -0.05) is 0 Å². The molecule has 0 saturated carbocycles. The number of hydrogen-bond acceptors (Lipinski definition) is 3. The molecule has 0 aromatic carbocycles. The van der Waals surface area contributed by atoms with Gasteiger partial charge in [0.05, 0.1) is 0 Å². The minimum Gasteiger partial charge on any atom is -0.364 e. The average molecular weight is 194 g/mol. The van der Waals surface area contributed by atoms with Gasteiger partial charge in [-0.3, -0.25) is 19.3 Å². The minimum atomic E-state index is -0.598. The normalized spacial score (nSPS) is 9.57. The van der Waals surface area contributed by atoms with Crippen LogP contribution in [0.4, 0.5) is 0 Å². The summed E-state index contributed by atoms with van der Waals surface area (Å²) in [6, 6.07) is 1.25. The van der Waals surface area contributed by atoms with Gasteiger partial charge in [0.1, 0.15) is 5.56 Å². The van der Waals surface area contributed by atoms with Crippen molar-refractivity contribution in [2.24, 2.45) is 0 Å². The summed E-state index contributed by atoms with van der Waals surface area (Å²) in [7, 11) is 1.31. The van der Waals surface area contributed by atoms with Crippen LogP contribution in [-0.2, 0) is 4.79 Å². The molecule has 0 fully saturated rings. The highest BCUT2D eigenvalue weighted by atomic mass is 16.2. The van der Waals surface area contributed by atoms with Crippen LogP contribution in [-0.4, -0.2) is 29.2 Å². The molecule has 0 bridgehead atoms. The Morgan fingerprint density at radius 3 is 2.71 bits per heavy atom. The lowest BCUT2D eigenvalue weighted by Crippen LogP contribution is -2.30. The number of nitrogens with one attached hydrogen (secondary N) is 1. The monoisotopic (exact) mass is 194 g/mol. The summed E-state index contributed by atoms with van der Waals surface area (Å²) in [4.78, 5) is 36.7. The van der Waals surface area contributed by atoms with Gasteiger partial charge in [-0.05, 0) is 6.92 Å². The van der Waals surface area contributed by atoms with Crippen LogP contribution in [0.25, 0.3) is 0 Å². The fourth-order valence-corrected chi connectivity index (χ4v) is 1.07. The summed E-state index contributed by atoms with van der Waals surface area (Å²) in [5, 5.41) is 0.